The van der Waals surface area contributed by atoms with E-state index in [4.69, 9.17) is 4.74 Å². The lowest BCUT2D eigenvalue weighted by Gasteiger charge is -2.21. The van der Waals surface area contributed by atoms with E-state index in [9.17, 15) is 18.0 Å². The summed E-state index contributed by atoms with van der Waals surface area (Å²) in [5.74, 6) is 0.124. The van der Waals surface area contributed by atoms with Crippen LogP contribution in [-0.4, -0.2) is 13.0 Å². The Labute approximate surface area is 156 Å². The number of ether oxygens (including phenoxy) is 1. The smallest absolute Gasteiger partial charge is 0.416 e. The van der Waals surface area contributed by atoms with Crippen LogP contribution in [0.3, 0.4) is 0 Å². The minimum absolute atomic E-state index is 0.0954. The highest BCUT2D eigenvalue weighted by molar-refractivity contribution is 6.02. The van der Waals surface area contributed by atoms with Gasteiger partial charge in [0.1, 0.15) is 5.75 Å². The van der Waals surface area contributed by atoms with Crippen molar-refractivity contribution in [3.8, 4) is 5.75 Å². The summed E-state index contributed by atoms with van der Waals surface area (Å²) in [7, 11) is 1.51. The van der Waals surface area contributed by atoms with E-state index < -0.39 is 17.6 Å². The zero-order chi connectivity index (χ0) is 20.2. The van der Waals surface area contributed by atoms with Crippen molar-refractivity contribution in [1.29, 1.82) is 0 Å². The number of benzene rings is 2. The molecule has 0 atom stereocenters. The lowest BCUT2D eigenvalue weighted by atomic mass is 9.87. The Morgan fingerprint density at radius 1 is 1.00 bits per heavy atom. The summed E-state index contributed by atoms with van der Waals surface area (Å²) in [5.41, 5.74) is 1.24. The van der Waals surface area contributed by atoms with E-state index in [1.54, 1.807) is 6.07 Å². The molecular formula is C21H22F3NO2. The molecule has 6 heteroatoms. The maximum Gasteiger partial charge on any atom is 0.416 e. The normalized spacial score (nSPS) is 12.3. The molecule has 0 unspecified atom stereocenters. The lowest BCUT2D eigenvalue weighted by molar-refractivity contribution is -0.137. The van der Waals surface area contributed by atoms with Crippen LogP contribution >= 0.6 is 0 Å². The van der Waals surface area contributed by atoms with E-state index in [0.717, 1.165) is 17.7 Å². The van der Waals surface area contributed by atoms with Gasteiger partial charge in [-0.2, -0.15) is 13.2 Å². The van der Waals surface area contributed by atoms with E-state index in [2.05, 4.69) is 26.1 Å². The molecule has 2 aromatic rings. The molecule has 0 saturated carbocycles. The predicted octanol–water partition coefficient (Wildman–Crippen LogP) is 5.66. The van der Waals surface area contributed by atoms with E-state index in [1.807, 2.05) is 12.1 Å². The van der Waals surface area contributed by atoms with Gasteiger partial charge in [0.2, 0.25) is 5.91 Å². The van der Waals surface area contributed by atoms with Crippen molar-refractivity contribution in [2.24, 2.45) is 0 Å². The Balaban J connectivity index is 2.14. The first kappa shape index (κ1) is 20.6. The topological polar surface area (TPSA) is 38.3 Å². The van der Waals surface area contributed by atoms with Gasteiger partial charge < -0.3 is 10.1 Å². The van der Waals surface area contributed by atoms with Crippen LogP contribution in [0.1, 0.15) is 37.5 Å². The van der Waals surface area contributed by atoms with Crippen molar-refractivity contribution >= 4 is 17.7 Å². The molecule has 2 aromatic carbocycles. The Morgan fingerprint density at radius 3 is 2.11 bits per heavy atom. The van der Waals surface area contributed by atoms with Gasteiger partial charge in [0.05, 0.1) is 18.4 Å². The molecule has 0 aromatic heterocycles. The van der Waals surface area contributed by atoms with Crippen LogP contribution in [-0.2, 0) is 16.4 Å². The molecule has 0 aliphatic rings. The number of amides is 1. The Bertz CT molecular complexity index is 832. The highest BCUT2D eigenvalue weighted by atomic mass is 19.4. The van der Waals surface area contributed by atoms with Crippen LogP contribution in [0, 0.1) is 0 Å². The Kier molecular flexibility index (Phi) is 5.98. The third kappa shape index (κ3) is 5.61. The summed E-state index contributed by atoms with van der Waals surface area (Å²) < 4.78 is 43.0. The Morgan fingerprint density at radius 2 is 1.59 bits per heavy atom. The molecule has 0 heterocycles. The third-order valence-corrected chi connectivity index (χ3v) is 3.99. The summed E-state index contributed by atoms with van der Waals surface area (Å²) in [5, 5.41) is 2.75. The number of halogens is 3. The molecule has 27 heavy (non-hydrogen) atoms. The van der Waals surface area contributed by atoms with Gasteiger partial charge in [-0.05, 0) is 46.9 Å². The first-order valence-electron chi connectivity index (χ1n) is 8.35. The van der Waals surface area contributed by atoms with Gasteiger partial charge in [-0.15, -0.1) is 0 Å². The SMILES string of the molecule is COc1ccc(C(C)(C)C)cc1NC(=O)/C=C/c1ccc(C(F)(F)F)cc1. The zero-order valence-corrected chi connectivity index (χ0v) is 15.6. The number of rotatable bonds is 4. The number of anilines is 1. The highest BCUT2D eigenvalue weighted by Crippen LogP contribution is 2.31. The molecule has 0 fully saturated rings. The summed E-state index contributed by atoms with van der Waals surface area (Å²) in [6, 6.07) is 10.2. The maximum atomic E-state index is 12.6. The average molecular weight is 377 g/mol. The van der Waals surface area contributed by atoms with E-state index in [0.29, 0.717) is 17.0 Å². The molecule has 144 valence electrons. The molecule has 0 aliphatic heterocycles. The summed E-state index contributed by atoms with van der Waals surface area (Å²) in [4.78, 5) is 12.2. The molecule has 0 bridgehead atoms. The Hall–Kier alpha value is -2.76. The number of carbonyl (C=O) groups is 1. The predicted molar refractivity (Wildman–Crippen MR) is 101 cm³/mol. The second-order valence-corrected chi connectivity index (χ2v) is 7.11. The number of methoxy groups -OCH3 is 1. The fraction of sp³-hybridized carbons (Fsp3) is 0.286. The van der Waals surface area contributed by atoms with E-state index >= 15 is 0 Å². The van der Waals surface area contributed by atoms with Crippen LogP contribution in [0.25, 0.3) is 6.08 Å². The second-order valence-electron chi connectivity index (χ2n) is 7.11. The van der Waals surface area contributed by atoms with Gasteiger partial charge in [0, 0.05) is 6.08 Å². The van der Waals surface area contributed by atoms with Gasteiger partial charge in [0.25, 0.3) is 0 Å². The number of hydrogen-bond acceptors (Lipinski definition) is 2. The molecule has 2 rings (SSSR count). The largest absolute Gasteiger partial charge is 0.495 e. The monoisotopic (exact) mass is 377 g/mol. The van der Waals surface area contributed by atoms with Gasteiger partial charge in [-0.1, -0.05) is 39.0 Å². The van der Waals surface area contributed by atoms with Crippen molar-refractivity contribution in [1.82, 2.24) is 0 Å². The third-order valence-electron chi connectivity index (χ3n) is 3.99. The number of carbonyl (C=O) groups excluding carboxylic acids is 1. The molecular weight excluding hydrogens is 355 g/mol. The van der Waals surface area contributed by atoms with Crippen LogP contribution in [0.15, 0.2) is 48.5 Å². The van der Waals surface area contributed by atoms with Crippen LogP contribution in [0.4, 0.5) is 18.9 Å². The molecule has 0 spiro atoms. The van der Waals surface area contributed by atoms with Crippen LogP contribution in [0.5, 0.6) is 5.75 Å². The first-order chi connectivity index (χ1) is 12.5. The van der Waals surface area contributed by atoms with Gasteiger partial charge in [-0.3, -0.25) is 4.79 Å². The zero-order valence-electron chi connectivity index (χ0n) is 15.6. The molecule has 0 radical (unpaired) electrons. The van der Waals surface area contributed by atoms with Crippen molar-refractivity contribution in [3.05, 3.63) is 65.2 Å². The van der Waals surface area contributed by atoms with E-state index in [-0.39, 0.29) is 5.41 Å². The minimum Gasteiger partial charge on any atom is -0.495 e. The van der Waals surface area contributed by atoms with Gasteiger partial charge in [-0.25, -0.2) is 0 Å². The van der Waals surface area contributed by atoms with Crippen molar-refractivity contribution < 1.29 is 22.7 Å². The summed E-state index contributed by atoms with van der Waals surface area (Å²) in [6.07, 6.45) is -1.66. The molecule has 1 N–H and O–H groups in total. The van der Waals surface area contributed by atoms with Crippen molar-refractivity contribution in [2.75, 3.05) is 12.4 Å². The van der Waals surface area contributed by atoms with E-state index in [1.165, 1.54) is 31.4 Å². The number of nitrogens with one attached hydrogen (secondary N) is 1. The van der Waals surface area contributed by atoms with Gasteiger partial charge in [0.15, 0.2) is 0 Å². The van der Waals surface area contributed by atoms with Crippen LogP contribution in [0.2, 0.25) is 0 Å². The molecule has 3 nitrogen and oxygen atoms in total. The molecule has 0 saturated heterocycles. The minimum atomic E-state index is -4.38. The average Bonchev–Trinajstić information content (AvgIpc) is 2.58. The molecule has 0 aliphatic carbocycles. The fourth-order valence-electron chi connectivity index (χ4n) is 2.40. The summed E-state index contributed by atoms with van der Waals surface area (Å²) in [6.45, 7) is 6.18. The summed E-state index contributed by atoms with van der Waals surface area (Å²) >= 11 is 0. The van der Waals surface area contributed by atoms with Gasteiger partial charge >= 0.3 is 6.18 Å². The standard InChI is InChI=1S/C21H22F3NO2/c1-20(2,3)16-10-11-18(27-4)17(13-16)25-19(26)12-7-14-5-8-15(9-6-14)21(22,23)24/h5-13H,1-4H3,(H,25,26)/b12-7+. The van der Waals surface area contributed by atoms with Crippen molar-refractivity contribution in [3.63, 3.8) is 0 Å². The fourth-order valence-corrected chi connectivity index (χ4v) is 2.40. The number of hydrogen-bond donors (Lipinski definition) is 1. The highest BCUT2D eigenvalue weighted by Gasteiger charge is 2.29. The maximum absolute atomic E-state index is 12.6. The number of alkyl halides is 3. The second kappa shape index (κ2) is 7.86. The lowest BCUT2D eigenvalue weighted by Crippen LogP contribution is -2.14. The molecule has 1 amide bonds. The van der Waals surface area contributed by atoms with Crippen LogP contribution < -0.4 is 10.1 Å². The first-order valence-corrected chi connectivity index (χ1v) is 8.35. The quantitative estimate of drug-likeness (QED) is 0.698. The van der Waals surface area contributed by atoms with Crippen molar-refractivity contribution in [2.45, 2.75) is 32.4 Å².